The van der Waals surface area contributed by atoms with Crippen molar-refractivity contribution >= 4 is 17.7 Å². The van der Waals surface area contributed by atoms with Gasteiger partial charge in [-0.25, -0.2) is 0 Å². The number of ether oxygens (including phenoxy) is 1. The lowest BCUT2D eigenvalue weighted by molar-refractivity contribution is -0.0175. The molecule has 5 nitrogen and oxygen atoms in total. The molecular formula is C16H32N4OS. The molecule has 2 aliphatic rings. The number of hydrogen-bond acceptors (Lipinski definition) is 4. The molecule has 0 aromatic heterocycles. The molecule has 0 spiro atoms. The lowest BCUT2D eigenvalue weighted by Crippen LogP contribution is -2.54. The molecule has 2 heterocycles. The Bertz CT molecular complexity index is 366. The first kappa shape index (κ1) is 17.9. The van der Waals surface area contributed by atoms with E-state index in [4.69, 9.17) is 4.74 Å². The second-order valence-electron chi connectivity index (χ2n) is 6.29. The summed E-state index contributed by atoms with van der Waals surface area (Å²) in [6.45, 7) is 12.7. The van der Waals surface area contributed by atoms with Gasteiger partial charge in [-0.05, 0) is 20.3 Å². The fraction of sp³-hybridized carbons (Fsp3) is 0.938. The predicted octanol–water partition coefficient (Wildman–Crippen LogP) is 1.50. The molecule has 3 atom stereocenters. The van der Waals surface area contributed by atoms with Crippen molar-refractivity contribution in [3.8, 4) is 0 Å². The smallest absolute Gasteiger partial charge is 0.193 e. The number of aliphatic imine (C=N–C) groups is 1. The van der Waals surface area contributed by atoms with Crippen LogP contribution in [0.2, 0.25) is 0 Å². The standard InChI is InChI=1S/C16H32N4OS/c1-5-15-11-19(7-9-22-15)16(17-4)18-10-13(2)20-6-8-21-12-14(20)3/h13-15H,5-12H2,1-4H3,(H,17,18). The summed E-state index contributed by atoms with van der Waals surface area (Å²) in [4.78, 5) is 9.44. The third-order valence-electron chi connectivity index (χ3n) is 4.65. The first-order valence-corrected chi connectivity index (χ1v) is 9.61. The number of hydrogen-bond donors (Lipinski definition) is 1. The normalized spacial score (nSPS) is 29.5. The number of thioether (sulfide) groups is 1. The minimum atomic E-state index is 0.497. The highest BCUT2D eigenvalue weighted by atomic mass is 32.2. The molecular weight excluding hydrogens is 296 g/mol. The van der Waals surface area contributed by atoms with Crippen LogP contribution in [-0.4, -0.2) is 85.3 Å². The van der Waals surface area contributed by atoms with Gasteiger partial charge in [0.05, 0.1) is 13.2 Å². The summed E-state index contributed by atoms with van der Waals surface area (Å²) in [6, 6.07) is 1.00. The van der Waals surface area contributed by atoms with Crippen molar-refractivity contribution in [2.24, 2.45) is 4.99 Å². The molecule has 2 aliphatic heterocycles. The van der Waals surface area contributed by atoms with E-state index in [0.717, 1.165) is 50.6 Å². The first-order valence-electron chi connectivity index (χ1n) is 8.56. The third kappa shape index (κ3) is 4.77. The molecule has 0 bridgehead atoms. The van der Waals surface area contributed by atoms with Crippen molar-refractivity contribution in [1.29, 1.82) is 0 Å². The number of guanidine groups is 1. The van der Waals surface area contributed by atoms with Gasteiger partial charge in [-0.15, -0.1) is 0 Å². The van der Waals surface area contributed by atoms with E-state index in [1.54, 1.807) is 0 Å². The van der Waals surface area contributed by atoms with Crippen LogP contribution in [0.4, 0.5) is 0 Å². The van der Waals surface area contributed by atoms with Crippen LogP contribution < -0.4 is 5.32 Å². The number of morpholine rings is 1. The van der Waals surface area contributed by atoms with Crippen molar-refractivity contribution in [1.82, 2.24) is 15.1 Å². The maximum absolute atomic E-state index is 5.53. The Hall–Kier alpha value is -0.460. The molecule has 0 saturated carbocycles. The minimum absolute atomic E-state index is 0.497. The first-order chi connectivity index (χ1) is 10.7. The van der Waals surface area contributed by atoms with E-state index < -0.39 is 0 Å². The summed E-state index contributed by atoms with van der Waals surface area (Å²) >= 11 is 2.10. The predicted molar refractivity (Wildman–Crippen MR) is 95.9 cm³/mol. The molecule has 1 N–H and O–H groups in total. The Kier molecular flexibility index (Phi) is 7.31. The van der Waals surface area contributed by atoms with Gasteiger partial charge in [0, 0.05) is 56.3 Å². The average Bonchev–Trinajstić information content (AvgIpc) is 2.56. The number of rotatable bonds is 4. The van der Waals surface area contributed by atoms with Crippen LogP contribution in [0.1, 0.15) is 27.2 Å². The summed E-state index contributed by atoms with van der Waals surface area (Å²) in [7, 11) is 1.90. The van der Waals surface area contributed by atoms with Crippen LogP contribution in [0.5, 0.6) is 0 Å². The molecule has 0 radical (unpaired) electrons. The van der Waals surface area contributed by atoms with E-state index in [9.17, 15) is 0 Å². The van der Waals surface area contributed by atoms with Gasteiger partial charge in [0.15, 0.2) is 5.96 Å². The van der Waals surface area contributed by atoms with Gasteiger partial charge in [0.2, 0.25) is 0 Å². The summed E-state index contributed by atoms with van der Waals surface area (Å²) in [5, 5.41) is 4.33. The Labute approximate surface area is 139 Å². The summed E-state index contributed by atoms with van der Waals surface area (Å²) in [5.74, 6) is 2.27. The average molecular weight is 329 g/mol. The summed E-state index contributed by atoms with van der Waals surface area (Å²) in [5.41, 5.74) is 0. The van der Waals surface area contributed by atoms with Crippen molar-refractivity contribution in [2.75, 3.05) is 52.2 Å². The number of nitrogens with zero attached hydrogens (tertiary/aromatic N) is 3. The van der Waals surface area contributed by atoms with Crippen molar-refractivity contribution in [2.45, 2.75) is 44.5 Å². The van der Waals surface area contributed by atoms with Crippen LogP contribution in [0.3, 0.4) is 0 Å². The van der Waals surface area contributed by atoms with Gasteiger partial charge in [-0.3, -0.25) is 9.89 Å². The second kappa shape index (κ2) is 8.99. The van der Waals surface area contributed by atoms with Crippen molar-refractivity contribution in [3.63, 3.8) is 0 Å². The maximum atomic E-state index is 5.53. The summed E-state index contributed by atoms with van der Waals surface area (Å²) in [6.07, 6.45) is 1.24. The van der Waals surface area contributed by atoms with E-state index >= 15 is 0 Å². The van der Waals surface area contributed by atoms with Gasteiger partial charge in [0.1, 0.15) is 0 Å². The highest BCUT2D eigenvalue weighted by Crippen LogP contribution is 2.21. The highest BCUT2D eigenvalue weighted by Gasteiger charge is 2.25. The molecule has 0 aromatic rings. The monoisotopic (exact) mass is 328 g/mol. The van der Waals surface area contributed by atoms with E-state index in [-0.39, 0.29) is 0 Å². The van der Waals surface area contributed by atoms with Gasteiger partial charge in [-0.1, -0.05) is 6.92 Å². The van der Waals surface area contributed by atoms with Gasteiger partial charge < -0.3 is 15.0 Å². The SMILES string of the molecule is CCC1CN(C(=NC)NCC(C)N2CCOCC2C)CCS1. The Balaban J connectivity index is 1.82. The molecule has 0 amide bonds. The van der Waals surface area contributed by atoms with Crippen LogP contribution in [0.25, 0.3) is 0 Å². The van der Waals surface area contributed by atoms with Gasteiger partial charge >= 0.3 is 0 Å². The molecule has 128 valence electrons. The van der Waals surface area contributed by atoms with E-state index in [0.29, 0.717) is 12.1 Å². The molecule has 0 aliphatic carbocycles. The quantitative estimate of drug-likeness (QED) is 0.625. The molecule has 2 fully saturated rings. The Morgan fingerprint density at radius 1 is 1.45 bits per heavy atom. The van der Waals surface area contributed by atoms with Gasteiger partial charge in [-0.2, -0.15) is 11.8 Å². The molecule has 2 rings (SSSR count). The van der Waals surface area contributed by atoms with Crippen molar-refractivity contribution < 1.29 is 4.74 Å². The van der Waals surface area contributed by atoms with Crippen LogP contribution in [0.15, 0.2) is 4.99 Å². The zero-order valence-corrected chi connectivity index (χ0v) is 15.4. The molecule has 0 aromatic carbocycles. The minimum Gasteiger partial charge on any atom is -0.379 e. The van der Waals surface area contributed by atoms with Crippen LogP contribution in [-0.2, 0) is 4.74 Å². The third-order valence-corrected chi connectivity index (χ3v) is 6.02. The summed E-state index contributed by atoms with van der Waals surface area (Å²) < 4.78 is 5.53. The topological polar surface area (TPSA) is 40.1 Å². The molecule has 2 saturated heterocycles. The second-order valence-corrected chi connectivity index (χ2v) is 7.69. The Morgan fingerprint density at radius 2 is 2.27 bits per heavy atom. The van der Waals surface area contributed by atoms with Crippen LogP contribution in [0, 0.1) is 0 Å². The maximum Gasteiger partial charge on any atom is 0.193 e. The van der Waals surface area contributed by atoms with E-state index in [2.05, 4.69) is 52.6 Å². The zero-order chi connectivity index (χ0) is 15.9. The van der Waals surface area contributed by atoms with E-state index in [1.807, 2.05) is 7.05 Å². The fourth-order valence-electron chi connectivity index (χ4n) is 3.24. The highest BCUT2D eigenvalue weighted by molar-refractivity contribution is 8.00. The molecule has 6 heteroatoms. The lowest BCUT2D eigenvalue weighted by atomic mass is 10.2. The molecule has 22 heavy (non-hydrogen) atoms. The fourth-order valence-corrected chi connectivity index (χ4v) is 4.42. The largest absolute Gasteiger partial charge is 0.379 e. The Morgan fingerprint density at radius 3 is 2.95 bits per heavy atom. The van der Waals surface area contributed by atoms with Crippen LogP contribution >= 0.6 is 11.8 Å². The zero-order valence-electron chi connectivity index (χ0n) is 14.5. The molecule has 3 unspecified atom stereocenters. The van der Waals surface area contributed by atoms with E-state index in [1.165, 1.54) is 12.2 Å². The van der Waals surface area contributed by atoms with Gasteiger partial charge in [0.25, 0.3) is 0 Å². The lowest BCUT2D eigenvalue weighted by Gasteiger charge is -2.39. The van der Waals surface area contributed by atoms with Crippen molar-refractivity contribution in [3.05, 3.63) is 0 Å². The number of nitrogens with one attached hydrogen (secondary N) is 1.